The zero-order valence-electron chi connectivity index (χ0n) is 13.1. The zero-order chi connectivity index (χ0) is 16.8. The molecule has 122 valence electrons. The minimum Gasteiger partial charge on any atom is -0.370 e. The molecule has 0 atom stereocenters. The number of rotatable bonds is 6. The summed E-state index contributed by atoms with van der Waals surface area (Å²) in [5, 5.41) is 7.33. The molecule has 23 heavy (non-hydrogen) atoms. The van der Waals surface area contributed by atoms with Crippen LogP contribution in [-0.2, 0) is 6.42 Å². The van der Waals surface area contributed by atoms with Crippen LogP contribution in [0.4, 0.5) is 5.82 Å². The van der Waals surface area contributed by atoms with E-state index in [1.807, 2.05) is 26.0 Å². The molecule has 0 fully saturated rings. The molecule has 6 heteroatoms. The number of pyridine rings is 1. The maximum atomic E-state index is 11.8. The van der Waals surface area contributed by atoms with Gasteiger partial charge in [-0.2, -0.15) is 0 Å². The fourth-order valence-corrected chi connectivity index (χ4v) is 2.53. The molecule has 0 aliphatic heterocycles. The number of carbonyl (C=O) groups excluding carboxylic acids is 1. The molecular weight excluding hydrogens is 333 g/mol. The number of carbonyl (C=O) groups is 1. The van der Waals surface area contributed by atoms with E-state index in [9.17, 15) is 4.79 Å². The lowest BCUT2D eigenvalue weighted by atomic mass is 10.1. The van der Waals surface area contributed by atoms with Gasteiger partial charge in [-0.15, -0.1) is 0 Å². The maximum Gasteiger partial charge on any atom is 0.253 e. The summed E-state index contributed by atoms with van der Waals surface area (Å²) < 4.78 is 0. The number of amides is 1. The first kappa shape index (κ1) is 17.6. The van der Waals surface area contributed by atoms with E-state index < -0.39 is 0 Å². The van der Waals surface area contributed by atoms with Crippen molar-refractivity contribution in [3.05, 3.63) is 57.7 Å². The van der Waals surface area contributed by atoms with Crippen molar-refractivity contribution in [2.24, 2.45) is 0 Å². The smallest absolute Gasteiger partial charge is 0.253 e. The normalized spacial score (nSPS) is 10.7. The molecule has 1 aromatic heterocycles. The minimum absolute atomic E-state index is 0.101. The van der Waals surface area contributed by atoms with Crippen LogP contribution in [0.25, 0.3) is 0 Å². The molecule has 2 N–H and O–H groups in total. The molecule has 2 aromatic rings. The van der Waals surface area contributed by atoms with Gasteiger partial charge in [-0.05, 0) is 50.1 Å². The van der Waals surface area contributed by atoms with E-state index in [4.69, 9.17) is 23.2 Å². The van der Waals surface area contributed by atoms with Gasteiger partial charge in [-0.25, -0.2) is 4.98 Å². The van der Waals surface area contributed by atoms with Gasteiger partial charge in [0, 0.05) is 28.8 Å². The Bertz CT molecular complexity index is 672. The number of aromatic nitrogens is 1. The van der Waals surface area contributed by atoms with Crippen LogP contribution in [0.3, 0.4) is 0 Å². The highest BCUT2D eigenvalue weighted by atomic mass is 35.5. The highest BCUT2D eigenvalue weighted by Crippen LogP contribution is 2.21. The van der Waals surface area contributed by atoms with Gasteiger partial charge >= 0.3 is 0 Å². The molecule has 0 radical (unpaired) electrons. The first-order valence-corrected chi connectivity index (χ1v) is 8.16. The summed E-state index contributed by atoms with van der Waals surface area (Å²) in [6.45, 7) is 4.53. The zero-order valence-corrected chi connectivity index (χ0v) is 14.6. The second-order valence-electron chi connectivity index (χ2n) is 5.47. The van der Waals surface area contributed by atoms with E-state index in [2.05, 4.69) is 15.6 Å². The third kappa shape index (κ3) is 5.41. The molecule has 0 saturated heterocycles. The van der Waals surface area contributed by atoms with Crippen molar-refractivity contribution in [3.8, 4) is 0 Å². The summed E-state index contributed by atoms with van der Waals surface area (Å²) in [4.78, 5) is 16.1. The van der Waals surface area contributed by atoms with Crippen molar-refractivity contribution < 1.29 is 4.79 Å². The molecule has 0 unspecified atom stereocenters. The van der Waals surface area contributed by atoms with Gasteiger partial charge in [0.2, 0.25) is 0 Å². The largest absolute Gasteiger partial charge is 0.370 e. The van der Waals surface area contributed by atoms with Crippen molar-refractivity contribution in [1.29, 1.82) is 0 Å². The molecule has 0 spiro atoms. The number of halogens is 2. The average molecular weight is 352 g/mol. The monoisotopic (exact) mass is 351 g/mol. The predicted octanol–water partition coefficient (Wildman–Crippen LogP) is 4.18. The molecule has 0 aliphatic carbocycles. The Balaban J connectivity index is 1.88. The van der Waals surface area contributed by atoms with Crippen LogP contribution < -0.4 is 10.6 Å². The SMILES string of the molecule is CC(C)NC(=O)c1ccc(NCCc2ccc(Cl)cc2Cl)nc1. The molecule has 0 bridgehead atoms. The lowest BCUT2D eigenvalue weighted by molar-refractivity contribution is 0.0943. The topological polar surface area (TPSA) is 54.0 Å². The lowest BCUT2D eigenvalue weighted by Gasteiger charge is -2.10. The fraction of sp³-hybridized carbons (Fsp3) is 0.294. The average Bonchev–Trinajstić information content (AvgIpc) is 2.49. The van der Waals surface area contributed by atoms with Crippen LogP contribution in [-0.4, -0.2) is 23.5 Å². The van der Waals surface area contributed by atoms with E-state index in [0.717, 1.165) is 17.8 Å². The second kappa shape index (κ2) is 8.18. The summed E-state index contributed by atoms with van der Waals surface area (Å²) in [6, 6.07) is 9.12. The van der Waals surface area contributed by atoms with Crippen LogP contribution in [0.2, 0.25) is 10.0 Å². The van der Waals surface area contributed by atoms with E-state index >= 15 is 0 Å². The molecule has 2 rings (SSSR count). The quantitative estimate of drug-likeness (QED) is 0.820. The van der Waals surface area contributed by atoms with Crippen molar-refractivity contribution in [3.63, 3.8) is 0 Å². The van der Waals surface area contributed by atoms with Crippen molar-refractivity contribution in [2.75, 3.05) is 11.9 Å². The number of hydrogen-bond acceptors (Lipinski definition) is 3. The number of nitrogens with one attached hydrogen (secondary N) is 2. The summed E-state index contributed by atoms with van der Waals surface area (Å²) in [5.41, 5.74) is 1.57. The summed E-state index contributed by atoms with van der Waals surface area (Å²) in [5.74, 6) is 0.600. The summed E-state index contributed by atoms with van der Waals surface area (Å²) in [6.07, 6.45) is 2.32. The van der Waals surface area contributed by atoms with Gasteiger partial charge in [0.1, 0.15) is 5.82 Å². The van der Waals surface area contributed by atoms with Crippen LogP contribution in [0.15, 0.2) is 36.5 Å². The van der Waals surface area contributed by atoms with Crippen LogP contribution in [0.5, 0.6) is 0 Å². The maximum absolute atomic E-state index is 11.8. The molecular formula is C17H19Cl2N3O. The fourth-order valence-electron chi connectivity index (χ4n) is 2.03. The highest BCUT2D eigenvalue weighted by molar-refractivity contribution is 6.35. The Hall–Kier alpha value is -1.78. The summed E-state index contributed by atoms with van der Waals surface area (Å²) in [7, 11) is 0. The molecule has 4 nitrogen and oxygen atoms in total. The van der Waals surface area contributed by atoms with E-state index in [1.54, 1.807) is 24.4 Å². The van der Waals surface area contributed by atoms with E-state index in [-0.39, 0.29) is 11.9 Å². The molecule has 1 heterocycles. The molecule has 1 amide bonds. The number of benzene rings is 1. The van der Waals surface area contributed by atoms with Crippen molar-refractivity contribution in [2.45, 2.75) is 26.3 Å². The minimum atomic E-state index is -0.119. The lowest BCUT2D eigenvalue weighted by Crippen LogP contribution is -2.30. The van der Waals surface area contributed by atoms with Gasteiger partial charge in [0.15, 0.2) is 0 Å². The Morgan fingerprint density at radius 3 is 2.61 bits per heavy atom. The standard InChI is InChI=1S/C17H19Cl2N3O/c1-11(2)22-17(23)13-4-6-16(21-10-13)20-8-7-12-3-5-14(18)9-15(12)19/h3-6,9-11H,7-8H2,1-2H3,(H,20,21)(H,22,23). The molecule has 1 aromatic carbocycles. The summed E-state index contributed by atoms with van der Waals surface area (Å²) >= 11 is 12.0. The predicted molar refractivity (Wildman–Crippen MR) is 95.5 cm³/mol. The molecule has 0 aliphatic rings. The van der Waals surface area contributed by atoms with Gasteiger partial charge < -0.3 is 10.6 Å². The third-order valence-electron chi connectivity index (χ3n) is 3.16. The Morgan fingerprint density at radius 1 is 1.22 bits per heavy atom. The highest BCUT2D eigenvalue weighted by Gasteiger charge is 2.07. The van der Waals surface area contributed by atoms with Gasteiger partial charge in [-0.3, -0.25) is 4.79 Å². The molecule has 0 saturated carbocycles. The van der Waals surface area contributed by atoms with E-state index in [0.29, 0.717) is 22.2 Å². The number of hydrogen-bond donors (Lipinski definition) is 2. The number of anilines is 1. The van der Waals surface area contributed by atoms with Crippen molar-refractivity contribution >= 4 is 34.9 Å². The van der Waals surface area contributed by atoms with Gasteiger partial charge in [0.05, 0.1) is 5.56 Å². The van der Waals surface area contributed by atoms with E-state index in [1.165, 1.54) is 0 Å². The van der Waals surface area contributed by atoms with Crippen LogP contribution in [0, 0.1) is 0 Å². The van der Waals surface area contributed by atoms with Gasteiger partial charge in [0.25, 0.3) is 5.91 Å². The third-order valence-corrected chi connectivity index (χ3v) is 3.75. The van der Waals surface area contributed by atoms with Crippen LogP contribution >= 0.6 is 23.2 Å². The Labute approximate surface area is 146 Å². The van der Waals surface area contributed by atoms with Crippen LogP contribution in [0.1, 0.15) is 29.8 Å². The Kier molecular flexibility index (Phi) is 6.25. The first-order valence-electron chi connectivity index (χ1n) is 7.40. The Morgan fingerprint density at radius 2 is 2.00 bits per heavy atom. The first-order chi connectivity index (χ1) is 11.0. The number of nitrogens with zero attached hydrogens (tertiary/aromatic N) is 1. The van der Waals surface area contributed by atoms with Crippen molar-refractivity contribution in [1.82, 2.24) is 10.3 Å². The second-order valence-corrected chi connectivity index (χ2v) is 6.32. The van der Waals surface area contributed by atoms with Gasteiger partial charge in [-0.1, -0.05) is 29.3 Å².